The Morgan fingerprint density at radius 3 is 2.74 bits per heavy atom. The highest BCUT2D eigenvalue weighted by Gasteiger charge is 2.40. The molecule has 2 aliphatic heterocycles. The van der Waals surface area contributed by atoms with Crippen LogP contribution in [0.1, 0.15) is 20.3 Å². The lowest BCUT2D eigenvalue weighted by molar-refractivity contribution is -0.0124. The third kappa shape index (κ3) is 4.00. The molecule has 0 unspecified atom stereocenters. The number of morpholine rings is 1. The lowest BCUT2D eigenvalue weighted by Gasteiger charge is -2.43. The van der Waals surface area contributed by atoms with Gasteiger partial charge in [-0.2, -0.15) is 11.8 Å². The minimum atomic E-state index is -0.0560. The van der Waals surface area contributed by atoms with Gasteiger partial charge >= 0.3 is 6.03 Å². The average Bonchev–Trinajstić information content (AvgIpc) is 2.87. The maximum absolute atomic E-state index is 11.8. The molecule has 2 heterocycles. The van der Waals surface area contributed by atoms with Gasteiger partial charge in [0, 0.05) is 37.0 Å². The summed E-state index contributed by atoms with van der Waals surface area (Å²) in [5, 5.41) is 5.93. The molecule has 5 nitrogen and oxygen atoms in total. The Morgan fingerprint density at radius 2 is 2.16 bits per heavy atom. The van der Waals surface area contributed by atoms with Gasteiger partial charge in [0.2, 0.25) is 0 Å². The van der Waals surface area contributed by atoms with Crippen molar-refractivity contribution in [3.05, 3.63) is 0 Å². The van der Waals surface area contributed by atoms with Gasteiger partial charge in [0.1, 0.15) is 0 Å². The van der Waals surface area contributed by atoms with Crippen LogP contribution in [-0.2, 0) is 4.74 Å². The molecule has 2 rings (SSSR count). The molecule has 0 bridgehead atoms. The van der Waals surface area contributed by atoms with Gasteiger partial charge in [0.25, 0.3) is 0 Å². The van der Waals surface area contributed by atoms with Crippen molar-refractivity contribution in [2.24, 2.45) is 0 Å². The smallest absolute Gasteiger partial charge is 0.315 e. The molecule has 2 fully saturated rings. The number of hydrogen-bond acceptors (Lipinski definition) is 4. The van der Waals surface area contributed by atoms with Gasteiger partial charge in [0.05, 0.1) is 13.2 Å². The Labute approximate surface area is 119 Å². The van der Waals surface area contributed by atoms with Crippen molar-refractivity contribution in [3.8, 4) is 0 Å². The Morgan fingerprint density at radius 1 is 1.42 bits per heavy atom. The van der Waals surface area contributed by atoms with Gasteiger partial charge in [-0.15, -0.1) is 0 Å². The summed E-state index contributed by atoms with van der Waals surface area (Å²) in [7, 11) is 0. The fourth-order valence-corrected chi connectivity index (χ4v) is 4.17. The van der Waals surface area contributed by atoms with E-state index in [4.69, 9.17) is 4.74 Å². The first-order valence-electron chi connectivity index (χ1n) is 7.07. The number of amides is 2. The first-order chi connectivity index (χ1) is 9.12. The van der Waals surface area contributed by atoms with Gasteiger partial charge in [-0.1, -0.05) is 0 Å². The number of thioether (sulfide) groups is 1. The molecule has 0 aromatic heterocycles. The van der Waals surface area contributed by atoms with Crippen molar-refractivity contribution < 1.29 is 9.53 Å². The van der Waals surface area contributed by atoms with Crippen LogP contribution in [0.25, 0.3) is 0 Å². The van der Waals surface area contributed by atoms with Crippen molar-refractivity contribution in [3.63, 3.8) is 0 Å². The molecule has 2 aliphatic rings. The van der Waals surface area contributed by atoms with Gasteiger partial charge in [-0.05, 0) is 26.0 Å². The van der Waals surface area contributed by atoms with Gasteiger partial charge in [-0.3, -0.25) is 4.90 Å². The number of nitrogens with one attached hydrogen (secondary N) is 2. The van der Waals surface area contributed by atoms with E-state index in [0.29, 0.717) is 0 Å². The lowest BCUT2D eigenvalue weighted by Crippen LogP contribution is -2.60. The highest BCUT2D eigenvalue weighted by molar-refractivity contribution is 7.99. The molecule has 1 atom stereocenters. The highest BCUT2D eigenvalue weighted by atomic mass is 32.2. The number of carbonyl (C=O) groups excluding carboxylic acids is 1. The quantitative estimate of drug-likeness (QED) is 0.807. The Hall–Kier alpha value is -0.460. The van der Waals surface area contributed by atoms with Crippen molar-refractivity contribution >= 4 is 17.8 Å². The summed E-state index contributed by atoms with van der Waals surface area (Å²) in [6, 6.07) is 0.122. The minimum Gasteiger partial charge on any atom is -0.379 e. The molecular weight excluding hydrogens is 262 g/mol. The summed E-state index contributed by atoms with van der Waals surface area (Å²) in [5.74, 6) is 2.29. The molecule has 0 spiro atoms. The maximum atomic E-state index is 11.8. The van der Waals surface area contributed by atoms with Crippen LogP contribution in [0.2, 0.25) is 0 Å². The number of rotatable bonds is 4. The summed E-state index contributed by atoms with van der Waals surface area (Å²) < 4.78 is 5.43. The topological polar surface area (TPSA) is 53.6 Å². The van der Waals surface area contributed by atoms with Crippen molar-refractivity contribution in [1.82, 2.24) is 15.5 Å². The van der Waals surface area contributed by atoms with E-state index in [1.165, 1.54) is 5.75 Å². The van der Waals surface area contributed by atoms with Crippen LogP contribution in [0.4, 0.5) is 4.79 Å². The molecular formula is C13H25N3O2S. The van der Waals surface area contributed by atoms with Crippen LogP contribution >= 0.6 is 11.8 Å². The van der Waals surface area contributed by atoms with Gasteiger partial charge in [-0.25, -0.2) is 4.79 Å². The van der Waals surface area contributed by atoms with Gasteiger partial charge < -0.3 is 15.4 Å². The highest BCUT2D eigenvalue weighted by Crippen LogP contribution is 2.33. The maximum Gasteiger partial charge on any atom is 0.315 e. The molecule has 0 saturated carbocycles. The molecule has 2 saturated heterocycles. The zero-order valence-electron chi connectivity index (χ0n) is 11.9. The second-order valence-corrected chi connectivity index (χ2v) is 6.71. The SMILES string of the molecule is CC(C)NC(=O)NC[C@]1(N2CCOCC2)CCSC1. The van der Waals surface area contributed by atoms with E-state index in [1.807, 2.05) is 25.6 Å². The Kier molecular flexibility index (Phi) is 5.36. The van der Waals surface area contributed by atoms with E-state index in [2.05, 4.69) is 15.5 Å². The number of carbonyl (C=O) groups is 1. The molecule has 0 aromatic rings. The van der Waals surface area contributed by atoms with E-state index < -0.39 is 0 Å². The van der Waals surface area contributed by atoms with E-state index in [0.717, 1.165) is 45.0 Å². The van der Waals surface area contributed by atoms with Crippen LogP contribution < -0.4 is 10.6 Å². The standard InChI is InChI=1S/C13H25N3O2S/c1-11(2)15-12(17)14-9-13(3-8-19-10-13)16-4-6-18-7-5-16/h11H,3-10H2,1-2H3,(H2,14,15,17)/t13-/m1/s1. The zero-order valence-corrected chi connectivity index (χ0v) is 12.7. The molecule has 0 radical (unpaired) electrons. The Balaban J connectivity index is 1.90. The fourth-order valence-electron chi connectivity index (χ4n) is 2.69. The molecule has 2 amide bonds. The van der Waals surface area contributed by atoms with Crippen LogP contribution in [0.3, 0.4) is 0 Å². The van der Waals surface area contributed by atoms with E-state index in [1.54, 1.807) is 0 Å². The first kappa shape index (κ1) is 14.9. The summed E-state index contributed by atoms with van der Waals surface area (Å²) >= 11 is 1.99. The lowest BCUT2D eigenvalue weighted by atomic mass is 9.95. The predicted octanol–water partition coefficient (Wildman–Crippen LogP) is 0.902. The number of hydrogen-bond donors (Lipinski definition) is 2. The van der Waals surface area contributed by atoms with Crippen LogP contribution in [0, 0.1) is 0 Å². The largest absolute Gasteiger partial charge is 0.379 e. The minimum absolute atomic E-state index is 0.0560. The molecule has 19 heavy (non-hydrogen) atoms. The third-order valence-corrected chi connectivity index (χ3v) is 5.00. The van der Waals surface area contributed by atoms with E-state index in [9.17, 15) is 4.79 Å². The summed E-state index contributed by atoms with van der Waals surface area (Å²) in [6.45, 7) is 8.27. The second kappa shape index (κ2) is 6.81. The first-order valence-corrected chi connectivity index (χ1v) is 8.23. The monoisotopic (exact) mass is 287 g/mol. The van der Waals surface area contributed by atoms with E-state index in [-0.39, 0.29) is 17.6 Å². The van der Waals surface area contributed by atoms with Crippen LogP contribution in [0.15, 0.2) is 0 Å². The van der Waals surface area contributed by atoms with Crippen LogP contribution in [-0.4, -0.2) is 66.9 Å². The molecule has 110 valence electrons. The average molecular weight is 287 g/mol. The normalized spacial score (nSPS) is 28.6. The van der Waals surface area contributed by atoms with E-state index >= 15 is 0 Å². The molecule has 6 heteroatoms. The number of urea groups is 1. The Bertz CT molecular complexity index is 300. The second-order valence-electron chi connectivity index (χ2n) is 5.61. The van der Waals surface area contributed by atoms with Crippen molar-refractivity contribution in [1.29, 1.82) is 0 Å². The predicted molar refractivity (Wildman–Crippen MR) is 78.7 cm³/mol. The molecule has 2 N–H and O–H groups in total. The van der Waals surface area contributed by atoms with Crippen molar-refractivity contribution in [2.45, 2.75) is 31.8 Å². The molecule has 0 aromatic carbocycles. The molecule has 0 aliphatic carbocycles. The van der Waals surface area contributed by atoms with Gasteiger partial charge in [0.15, 0.2) is 0 Å². The summed E-state index contributed by atoms with van der Waals surface area (Å²) in [5.41, 5.74) is 0.128. The van der Waals surface area contributed by atoms with Crippen molar-refractivity contribution in [2.75, 3.05) is 44.4 Å². The fraction of sp³-hybridized carbons (Fsp3) is 0.923. The summed E-state index contributed by atoms with van der Waals surface area (Å²) in [6.07, 6.45) is 1.15. The summed E-state index contributed by atoms with van der Waals surface area (Å²) in [4.78, 5) is 14.3. The number of nitrogens with zero attached hydrogens (tertiary/aromatic N) is 1. The number of ether oxygens (including phenoxy) is 1. The zero-order chi connectivity index (χ0) is 13.7. The third-order valence-electron chi connectivity index (χ3n) is 3.76. The van der Waals surface area contributed by atoms with Crippen LogP contribution in [0.5, 0.6) is 0 Å².